The maximum atomic E-state index is 6.14. The molecule has 0 aliphatic heterocycles. The van der Waals surface area contributed by atoms with E-state index in [2.05, 4.69) is 28.2 Å². The predicted molar refractivity (Wildman–Crippen MR) is 74.6 cm³/mol. The molecule has 2 nitrogen and oxygen atoms in total. The molecule has 1 aromatic carbocycles. The van der Waals surface area contributed by atoms with Gasteiger partial charge in [-0.2, -0.15) is 0 Å². The van der Waals surface area contributed by atoms with E-state index in [9.17, 15) is 0 Å². The molecule has 1 unspecified atom stereocenters. The molecule has 2 rings (SSSR count). The highest BCUT2D eigenvalue weighted by atomic mass is 79.9. The van der Waals surface area contributed by atoms with E-state index in [1.54, 1.807) is 6.26 Å². The molecular weight excluding hydrogens is 302 g/mol. The van der Waals surface area contributed by atoms with Gasteiger partial charge >= 0.3 is 0 Å². The average molecular weight is 315 g/mol. The summed E-state index contributed by atoms with van der Waals surface area (Å²) in [7, 11) is 0. The van der Waals surface area contributed by atoms with Crippen LogP contribution in [0.4, 0.5) is 5.69 Å². The van der Waals surface area contributed by atoms with Crippen molar-refractivity contribution >= 4 is 33.2 Å². The third-order valence-corrected chi connectivity index (χ3v) is 3.23. The second kappa shape index (κ2) is 5.61. The highest BCUT2D eigenvalue weighted by molar-refractivity contribution is 9.10. The average Bonchev–Trinajstić information content (AvgIpc) is 2.75. The Morgan fingerprint density at radius 3 is 2.88 bits per heavy atom. The molecule has 0 radical (unpaired) electrons. The van der Waals surface area contributed by atoms with E-state index < -0.39 is 0 Å². The molecular formula is C13H13BrClNO. The minimum atomic E-state index is 0.264. The summed E-state index contributed by atoms with van der Waals surface area (Å²) in [6.07, 6.45) is 2.52. The smallest absolute Gasteiger partial charge is 0.105 e. The Hall–Kier alpha value is -0.930. The van der Waals surface area contributed by atoms with Crippen LogP contribution >= 0.6 is 27.5 Å². The Morgan fingerprint density at radius 1 is 1.41 bits per heavy atom. The lowest BCUT2D eigenvalue weighted by molar-refractivity contribution is 0.498. The monoisotopic (exact) mass is 313 g/mol. The second-order valence-corrected chi connectivity index (χ2v) is 5.28. The SMILES string of the molecule is CC(Cc1ccco1)Nc1ccc(Br)cc1Cl. The topological polar surface area (TPSA) is 25.2 Å². The van der Waals surface area contributed by atoms with Crippen molar-refractivity contribution in [1.82, 2.24) is 0 Å². The van der Waals surface area contributed by atoms with Gasteiger partial charge < -0.3 is 9.73 Å². The molecule has 2 aromatic rings. The number of halogens is 2. The number of hydrogen-bond donors (Lipinski definition) is 1. The predicted octanol–water partition coefficient (Wildman–Crippen LogP) is 4.74. The fourth-order valence-electron chi connectivity index (χ4n) is 1.65. The van der Waals surface area contributed by atoms with Gasteiger partial charge in [-0.3, -0.25) is 0 Å². The van der Waals surface area contributed by atoms with Crippen LogP contribution in [0.2, 0.25) is 5.02 Å². The van der Waals surface area contributed by atoms with E-state index in [-0.39, 0.29) is 6.04 Å². The third-order valence-electron chi connectivity index (χ3n) is 2.42. The Balaban J connectivity index is 2.00. The lowest BCUT2D eigenvalue weighted by Gasteiger charge is -2.15. The first-order valence-electron chi connectivity index (χ1n) is 5.39. The minimum absolute atomic E-state index is 0.264. The number of rotatable bonds is 4. The van der Waals surface area contributed by atoms with Crippen LogP contribution in [0.1, 0.15) is 12.7 Å². The summed E-state index contributed by atoms with van der Waals surface area (Å²) in [5, 5.41) is 4.08. The van der Waals surface area contributed by atoms with Gasteiger partial charge in [-0.15, -0.1) is 0 Å². The van der Waals surface area contributed by atoms with Crippen LogP contribution in [0.3, 0.4) is 0 Å². The molecule has 17 heavy (non-hydrogen) atoms. The molecule has 1 heterocycles. The largest absolute Gasteiger partial charge is 0.469 e. The standard InChI is InChI=1S/C13H13BrClNO/c1-9(7-11-3-2-6-17-11)16-13-5-4-10(14)8-12(13)15/h2-6,8-9,16H,7H2,1H3. The lowest BCUT2D eigenvalue weighted by Crippen LogP contribution is -2.17. The van der Waals surface area contributed by atoms with E-state index in [4.69, 9.17) is 16.0 Å². The first-order valence-corrected chi connectivity index (χ1v) is 6.56. The van der Waals surface area contributed by atoms with Crippen molar-refractivity contribution in [2.75, 3.05) is 5.32 Å². The van der Waals surface area contributed by atoms with Crippen LogP contribution in [0, 0.1) is 0 Å². The molecule has 1 N–H and O–H groups in total. The summed E-state index contributed by atoms with van der Waals surface area (Å²) in [4.78, 5) is 0. The quantitative estimate of drug-likeness (QED) is 0.882. The highest BCUT2D eigenvalue weighted by Gasteiger charge is 2.08. The Kier molecular flexibility index (Phi) is 4.13. The zero-order chi connectivity index (χ0) is 12.3. The van der Waals surface area contributed by atoms with E-state index >= 15 is 0 Å². The molecule has 0 spiro atoms. The van der Waals surface area contributed by atoms with Gasteiger partial charge in [-0.1, -0.05) is 27.5 Å². The fraction of sp³-hybridized carbons (Fsp3) is 0.231. The van der Waals surface area contributed by atoms with E-state index in [0.717, 1.165) is 22.3 Å². The number of furan rings is 1. The summed E-state index contributed by atoms with van der Waals surface area (Å²) in [6.45, 7) is 2.10. The van der Waals surface area contributed by atoms with Gasteiger partial charge in [0, 0.05) is 16.9 Å². The molecule has 0 aliphatic rings. The van der Waals surface area contributed by atoms with Gasteiger partial charge in [0.15, 0.2) is 0 Å². The van der Waals surface area contributed by atoms with Gasteiger partial charge in [-0.05, 0) is 37.3 Å². The molecule has 0 saturated carbocycles. The number of hydrogen-bond acceptors (Lipinski definition) is 2. The molecule has 1 aromatic heterocycles. The summed E-state index contributed by atoms with van der Waals surface area (Å²) in [5.41, 5.74) is 0.939. The third kappa shape index (κ3) is 3.51. The molecule has 90 valence electrons. The molecule has 0 aliphatic carbocycles. The van der Waals surface area contributed by atoms with Crippen molar-refractivity contribution in [3.63, 3.8) is 0 Å². The minimum Gasteiger partial charge on any atom is -0.469 e. The summed E-state index contributed by atoms with van der Waals surface area (Å²) in [5.74, 6) is 0.971. The zero-order valence-electron chi connectivity index (χ0n) is 9.41. The molecule has 1 atom stereocenters. The molecule has 0 bridgehead atoms. The van der Waals surface area contributed by atoms with Crippen molar-refractivity contribution in [2.24, 2.45) is 0 Å². The van der Waals surface area contributed by atoms with E-state index in [1.807, 2.05) is 30.3 Å². The van der Waals surface area contributed by atoms with Crippen molar-refractivity contribution in [1.29, 1.82) is 0 Å². The van der Waals surface area contributed by atoms with Gasteiger partial charge in [0.25, 0.3) is 0 Å². The first-order chi connectivity index (χ1) is 8.15. The number of benzene rings is 1. The maximum Gasteiger partial charge on any atom is 0.105 e. The maximum absolute atomic E-state index is 6.14. The van der Waals surface area contributed by atoms with Crippen LogP contribution in [0.15, 0.2) is 45.5 Å². The summed E-state index contributed by atoms with van der Waals surface area (Å²) >= 11 is 9.52. The van der Waals surface area contributed by atoms with Gasteiger partial charge in [0.1, 0.15) is 5.76 Å². The number of nitrogens with one attached hydrogen (secondary N) is 1. The second-order valence-electron chi connectivity index (χ2n) is 3.95. The highest BCUT2D eigenvalue weighted by Crippen LogP contribution is 2.26. The van der Waals surface area contributed by atoms with Crippen LogP contribution in [-0.4, -0.2) is 6.04 Å². The fourth-order valence-corrected chi connectivity index (χ4v) is 2.38. The van der Waals surface area contributed by atoms with Crippen molar-refractivity contribution in [3.8, 4) is 0 Å². The Morgan fingerprint density at radius 2 is 2.24 bits per heavy atom. The zero-order valence-corrected chi connectivity index (χ0v) is 11.8. The van der Waals surface area contributed by atoms with E-state index in [0.29, 0.717) is 5.02 Å². The van der Waals surface area contributed by atoms with Crippen LogP contribution in [0.5, 0.6) is 0 Å². The number of anilines is 1. The van der Waals surface area contributed by atoms with E-state index in [1.165, 1.54) is 0 Å². The van der Waals surface area contributed by atoms with Crippen LogP contribution < -0.4 is 5.32 Å². The Bertz CT molecular complexity index is 484. The molecule has 0 saturated heterocycles. The van der Waals surface area contributed by atoms with Crippen LogP contribution in [0.25, 0.3) is 0 Å². The van der Waals surface area contributed by atoms with Gasteiger partial charge in [0.2, 0.25) is 0 Å². The lowest BCUT2D eigenvalue weighted by atomic mass is 10.2. The molecule has 0 fully saturated rings. The van der Waals surface area contributed by atoms with Crippen LogP contribution in [-0.2, 0) is 6.42 Å². The van der Waals surface area contributed by atoms with Crippen molar-refractivity contribution < 1.29 is 4.42 Å². The first kappa shape index (κ1) is 12.5. The Labute approximate surface area is 114 Å². The summed E-state index contributed by atoms with van der Waals surface area (Å²) < 4.78 is 6.29. The molecule has 0 amide bonds. The van der Waals surface area contributed by atoms with Gasteiger partial charge in [-0.25, -0.2) is 0 Å². The summed E-state index contributed by atoms with van der Waals surface area (Å²) in [6, 6.07) is 9.94. The van der Waals surface area contributed by atoms with Gasteiger partial charge in [0.05, 0.1) is 17.0 Å². The molecule has 4 heteroatoms. The van der Waals surface area contributed by atoms with Crippen molar-refractivity contribution in [2.45, 2.75) is 19.4 Å². The van der Waals surface area contributed by atoms with Crippen molar-refractivity contribution in [3.05, 3.63) is 51.9 Å². The normalized spacial score (nSPS) is 12.4.